The Hall–Kier alpha value is -2.43. The van der Waals surface area contributed by atoms with Crippen molar-refractivity contribution < 1.29 is 9.15 Å². The predicted octanol–water partition coefficient (Wildman–Crippen LogP) is 2.98. The van der Waals surface area contributed by atoms with Gasteiger partial charge in [-0.3, -0.25) is 4.99 Å². The Bertz CT molecular complexity index is 594. The summed E-state index contributed by atoms with van der Waals surface area (Å²) in [6.07, 6.45) is 3.53. The molecule has 5 nitrogen and oxygen atoms in total. The van der Waals surface area contributed by atoms with Crippen molar-refractivity contribution in [2.75, 3.05) is 20.2 Å². The van der Waals surface area contributed by atoms with Crippen molar-refractivity contribution in [2.45, 2.75) is 26.3 Å². The molecule has 0 bridgehead atoms. The van der Waals surface area contributed by atoms with Gasteiger partial charge in [-0.1, -0.05) is 19.1 Å². The first-order valence-corrected chi connectivity index (χ1v) is 8.00. The van der Waals surface area contributed by atoms with E-state index in [1.165, 1.54) is 0 Å². The Balaban J connectivity index is 1.76. The van der Waals surface area contributed by atoms with Gasteiger partial charge in [0.2, 0.25) is 0 Å². The lowest BCUT2D eigenvalue weighted by Gasteiger charge is -2.12. The number of guanidine groups is 1. The summed E-state index contributed by atoms with van der Waals surface area (Å²) in [6, 6.07) is 12.0. The van der Waals surface area contributed by atoms with Gasteiger partial charge in [0.05, 0.1) is 12.9 Å². The highest BCUT2D eigenvalue weighted by atomic mass is 16.5. The fourth-order valence-electron chi connectivity index (χ4n) is 2.13. The van der Waals surface area contributed by atoms with Crippen LogP contribution in [0.5, 0.6) is 5.75 Å². The maximum Gasteiger partial charge on any atom is 0.191 e. The standard InChI is InChI=1S/C18H25N3O2/c1-3-11-22-17-7-4-6-15(13-17)14-21-18(19-2)20-10-9-16-8-5-12-23-16/h4-8,12-13H,3,9-11,14H2,1-2H3,(H2,19,20,21). The van der Waals surface area contributed by atoms with E-state index >= 15 is 0 Å². The molecule has 0 atom stereocenters. The van der Waals surface area contributed by atoms with Gasteiger partial charge in [0, 0.05) is 26.6 Å². The third kappa shape index (κ3) is 6.06. The smallest absolute Gasteiger partial charge is 0.191 e. The Morgan fingerprint density at radius 3 is 2.87 bits per heavy atom. The summed E-state index contributed by atoms with van der Waals surface area (Å²) in [5.41, 5.74) is 1.16. The second-order valence-electron chi connectivity index (χ2n) is 5.18. The van der Waals surface area contributed by atoms with E-state index in [0.717, 1.165) is 49.0 Å². The van der Waals surface area contributed by atoms with E-state index in [-0.39, 0.29) is 0 Å². The number of ether oxygens (including phenoxy) is 1. The van der Waals surface area contributed by atoms with Crippen LogP contribution < -0.4 is 15.4 Å². The summed E-state index contributed by atoms with van der Waals surface area (Å²) in [5.74, 6) is 2.65. The predicted molar refractivity (Wildman–Crippen MR) is 92.8 cm³/mol. The quantitative estimate of drug-likeness (QED) is 0.581. The number of aliphatic imine (C=N–C) groups is 1. The molecule has 1 aromatic heterocycles. The number of nitrogens with zero attached hydrogens (tertiary/aromatic N) is 1. The molecule has 0 amide bonds. The van der Waals surface area contributed by atoms with Crippen molar-refractivity contribution in [3.63, 3.8) is 0 Å². The zero-order valence-corrected chi connectivity index (χ0v) is 13.8. The molecule has 2 N–H and O–H groups in total. The molecular formula is C18H25N3O2. The molecule has 23 heavy (non-hydrogen) atoms. The third-order valence-electron chi connectivity index (χ3n) is 3.30. The van der Waals surface area contributed by atoms with Crippen LogP contribution in [-0.2, 0) is 13.0 Å². The van der Waals surface area contributed by atoms with Crippen LogP contribution in [-0.4, -0.2) is 26.2 Å². The average molecular weight is 315 g/mol. The minimum Gasteiger partial charge on any atom is -0.494 e. The summed E-state index contributed by atoms with van der Waals surface area (Å²) < 4.78 is 11.0. The van der Waals surface area contributed by atoms with E-state index in [1.54, 1.807) is 13.3 Å². The molecule has 0 saturated heterocycles. The molecule has 0 fully saturated rings. The SMILES string of the molecule is CCCOc1cccc(CNC(=NC)NCCc2ccco2)c1. The van der Waals surface area contributed by atoms with Crippen molar-refractivity contribution in [1.29, 1.82) is 0 Å². The number of rotatable bonds is 8. The summed E-state index contributed by atoms with van der Waals surface area (Å²) in [5, 5.41) is 6.58. The summed E-state index contributed by atoms with van der Waals surface area (Å²) in [4.78, 5) is 4.23. The van der Waals surface area contributed by atoms with Crippen LogP contribution in [0, 0.1) is 0 Å². The highest BCUT2D eigenvalue weighted by molar-refractivity contribution is 5.79. The molecule has 2 rings (SSSR count). The van der Waals surface area contributed by atoms with Gasteiger partial charge in [-0.25, -0.2) is 0 Å². The third-order valence-corrected chi connectivity index (χ3v) is 3.30. The first kappa shape index (κ1) is 16.9. The molecule has 0 spiro atoms. The van der Waals surface area contributed by atoms with E-state index in [2.05, 4.69) is 34.7 Å². The molecule has 0 aliphatic heterocycles. The van der Waals surface area contributed by atoms with E-state index in [9.17, 15) is 0 Å². The zero-order valence-electron chi connectivity index (χ0n) is 13.8. The van der Waals surface area contributed by atoms with Crippen LogP contribution in [0.4, 0.5) is 0 Å². The van der Waals surface area contributed by atoms with Gasteiger partial charge >= 0.3 is 0 Å². The second-order valence-corrected chi connectivity index (χ2v) is 5.18. The van der Waals surface area contributed by atoms with Gasteiger partial charge in [-0.05, 0) is 36.2 Å². The van der Waals surface area contributed by atoms with E-state index < -0.39 is 0 Å². The molecule has 0 aliphatic rings. The molecular weight excluding hydrogens is 290 g/mol. The maximum absolute atomic E-state index is 5.65. The van der Waals surface area contributed by atoms with Crippen LogP contribution in [0.3, 0.4) is 0 Å². The fourth-order valence-corrected chi connectivity index (χ4v) is 2.13. The molecule has 1 heterocycles. The lowest BCUT2D eigenvalue weighted by Crippen LogP contribution is -2.37. The summed E-state index contributed by atoms with van der Waals surface area (Å²) in [7, 11) is 1.77. The van der Waals surface area contributed by atoms with Gasteiger partial charge in [-0.15, -0.1) is 0 Å². The summed E-state index contributed by atoms with van der Waals surface area (Å²) >= 11 is 0. The van der Waals surface area contributed by atoms with Crippen LogP contribution in [0.15, 0.2) is 52.1 Å². The maximum atomic E-state index is 5.65. The normalized spacial score (nSPS) is 11.3. The van der Waals surface area contributed by atoms with E-state index in [4.69, 9.17) is 9.15 Å². The molecule has 0 saturated carbocycles. The Kier molecular flexibility index (Phi) is 7.04. The van der Waals surface area contributed by atoms with Crippen LogP contribution in [0.25, 0.3) is 0 Å². The lowest BCUT2D eigenvalue weighted by atomic mass is 10.2. The molecule has 2 aromatic rings. The number of hydrogen-bond acceptors (Lipinski definition) is 3. The van der Waals surface area contributed by atoms with Crippen molar-refractivity contribution in [3.05, 3.63) is 54.0 Å². The first-order chi connectivity index (χ1) is 11.3. The Morgan fingerprint density at radius 2 is 2.13 bits per heavy atom. The van der Waals surface area contributed by atoms with Gasteiger partial charge in [-0.2, -0.15) is 0 Å². The van der Waals surface area contributed by atoms with Crippen LogP contribution >= 0.6 is 0 Å². The average Bonchev–Trinajstić information content (AvgIpc) is 3.10. The topological polar surface area (TPSA) is 58.8 Å². The highest BCUT2D eigenvalue weighted by Gasteiger charge is 2.01. The van der Waals surface area contributed by atoms with Crippen LogP contribution in [0.2, 0.25) is 0 Å². The van der Waals surface area contributed by atoms with Gasteiger partial charge < -0.3 is 19.8 Å². The zero-order chi connectivity index (χ0) is 16.3. The van der Waals surface area contributed by atoms with Gasteiger partial charge in [0.1, 0.15) is 11.5 Å². The van der Waals surface area contributed by atoms with Crippen molar-refractivity contribution in [1.82, 2.24) is 10.6 Å². The van der Waals surface area contributed by atoms with Gasteiger partial charge in [0.25, 0.3) is 0 Å². The van der Waals surface area contributed by atoms with Crippen molar-refractivity contribution >= 4 is 5.96 Å². The molecule has 0 unspecified atom stereocenters. The number of hydrogen-bond donors (Lipinski definition) is 2. The first-order valence-electron chi connectivity index (χ1n) is 8.00. The largest absolute Gasteiger partial charge is 0.494 e. The second kappa shape index (κ2) is 9.56. The van der Waals surface area contributed by atoms with E-state index in [1.807, 2.05) is 24.3 Å². The minimum absolute atomic E-state index is 0.698. The fraction of sp³-hybridized carbons (Fsp3) is 0.389. The van der Waals surface area contributed by atoms with E-state index in [0.29, 0.717) is 6.54 Å². The Morgan fingerprint density at radius 1 is 1.22 bits per heavy atom. The highest BCUT2D eigenvalue weighted by Crippen LogP contribution is 2.13. The van der Waals surface area contributed by atoms with Gasteiger partial charge in [0.15, 0.2) is 5.96 Å². The molecule has 0 aliphatic carbocycles. The Labute approximate surface area is 137 Å². The molecule has 124 valence electrons. The molecule has 0 radical (unpaired) electrons. The van der Waals surface area contributed by atoms with Crippen LogP contribution in [0.1, 0.15) is 24.7 Å². The molecule has 1 aromatic carbocycles. The van der Waals surface area contributed by atoms with Crippen molar-refractivity contribution in [2.24, 2.45) is 4.99 Å². The summed E-state index contributed by atoms with van der Waals surface area (Å²) in [6.45, 7) is 4.31. The van der Waals surface area contributed by atoms with Crippen molar-refractivity contribution in [3.8, 4) is 5.75 Å². The number of nitrogens with one attached hydrogen (secondary N) is 2. The minimum atomic E-state index is 0.698. The monoisotopic (exact) mass is 315 g/mol. The number of benzene rings is 1. The lowest BCUT2D eigenvalue weighted by molar-refractivity contribution is 0.317. The molecule has 5 heteroatoms. The number of furan rings is 1.